The predicted molar refractivity (Wildman–Crippen MR) is 138 cm³/mol. The van der Waals surface area contributed by atoms with Gasteiger partial charge in [0.15, 0.2) is 0 Å². The second-order valence-corrected chi connectivity index (χ2v) is 9.35. The summed E-state index contributed by atoms with van der Waals surface area (Å²) in [6, 6.07) is 19.6. The normalized spacial score (nSPS) is 16.0. The van der Waals surface area contributed by atoms with E-state index in [4.69, 9.17) is 5.73 Å². The highest BCUT2D eigenvalue weighted by atomic mass is 16.2. The largest absolute Gasteiger partial charge is 0.348 e. The molecule has 34 heavy (non-hydrogen) atoms. The number of aryl methyl sites for hydroxylation is 3. The zero-order valence-electron chi connectivity index (χ0n) is 20.4. The molecule has 4 rings (SSSR count). The van der Waals surface area contributed by atoms with Crippen LogP contribution >= 0.6 is 0 Å². The van der Waals surface area contributed by atoms with Gasteiger partial charge in [0.1, 0.15) is 0 Å². The van der Waals surface area contributed by atoms with Crippen LogP contribution in [0.2, 0.25) is 0 Å². The first-order valence-corrected chi connectivity index (χ1v) is 11.8. The summed E-state index contributed by atoms with van der Waals surface area (Å²) in [5.41, 5.74) is 15.0. The van der Waals surface area contributed by atoms with Gasteiger partial charge < -0.3 is 16.0 Å². The molecule has 2 atom stereocenters. The topological polar surface area (TPSA) is 75.4 Å². The summed E-state index contributed by atoms with van der Waals surface area (Å²) in [5, 5.41) is 3.18. The lowest BCUT2D eigenvalue weighted by molar-refractivity contribution is -0.123. The Labute approximate surface area is 202 Å². The van der Waals surface area contributed by atoms with Gasteiger partial charge in [0, 0.05) is 19.2 Å². The van der Waals surface area contributed by atoms with Gasteiger partial charge in [-0.1, -0.05) is 54.1 Å². The van der Waals surface area contributed by atoms with Crippen molar-refractivity contribution in [1.82, 2.24) is 5.32 Å². The van der Waals surface area contributed by atoms with Gasteiger partial charge in [0.2, 0.25) is 11.8 Å². The van der Waals surface area contributed by atoms with Crippen molar-refractivity contribution < 1.29 is 9.59 Å². The fourth-order valence-electron chi connectivity index (χ4n) is 5.02. The molecule has 0 bridgehead atoms. The Bertz CT molecular complexity index is 1200. The fourth-order valence-corrected chi connectivity index (χ4v) is 5.02. The summed E-state index contributed by atoms with van der Waals surface area (Å²) in [6.07, 6.45) is 1.14. The van der Waals surface area contributed by atoms with Crippen molar-refractivity contribution in [2.75, 3.05) is 11.4 Å². The number of benzene rings is 3. The summed E-state index contributed by atoms with van der Waals surface area (Å²) >= 11 is 0. The SMILES string of the molecule is CC(=O)N1CC[C@@H](NC(=O)[C@@H](N)Cc2c(C)cc(C)cc2C)c2cc(-c3ccccc3)ccc21. The lowest BCUT2D eigenvalue weighted by Gasteiger charge is -2.35. The molecular formula is C29H33N3O2. The lowest BCUT2D eigenvalue weighted by atomic mass is 9.91. The van der Waals surface area contributed by atoms with Crippen LogP contribution in [0.1, 0.15) is 47.2 Å². The van der Waals surface area contributed by atoms with E-state index < -0.39 is 6.04 Å². The van der Waals surface area contributed by atoms with Gasteiger partial charge in [-0.2, -0.15) is 0 Å². The maximum atomic E-state index is 13.2. The number of carbonyl (C=O) groups excluding carboxylic acids is 2. The maximum Gasteiger partial charge on any atom is 0.237 e. The molecule has 5 heteroatoms. The van der Waals surface area contributed by atoms with Gasteiger partial charge in [-0.15, -0.1) is 0 Å². The summed E-state index contributed by atoms with van der Waals surface area (Å²) in [7, 11) is 0. The predicted octanol–water partition coefficient (Wildman–Crippen LogP) is 4.76. The smallest absolute Gasteiger partial charge is 0.237 e. The van der Waals surface area contributed by atoms with E-state index in [1.165, 1.54) is 5.56 Å². The molecule has 2 amide bonds. The molecule has 3 aromatic rings. The number of hydrogen-bond donors (Lipinski definition) is 2. The number of carbonyl (C=O) groups is 2. The molecule has 0 aromatic heterocycles. The molecule has 0 radical (unpaired) electrons. The lowest BCUT2D eigenvalue weighted by Crippen LogP contribution is -2.46. The molecule has 0 aliphatic carbocycles. The van der Waals surface area contributed by atoms with E-state index in [2.05, 4.69) is 56.4 Å². The number of amides is 2. The van der Waals surface area contributed by atoms with Gasteiger partial charge in [-0.3, -0.25) is 9.59 Å². The van der Waals surface area contributed by atoms with Gasteiger partial charge in [0.05, 0.1) is 12.1 Å². The Morgan fingerprint density at radius 1 is 1.00 bits per heavy atom. The molecule has 5 nitrogen and oxygen atoms in total. The van der Waals surface area contributed by atoms with Crippen LogP contribution in [0.15, 0.2) is 60.7 Å². The van der Waals surface area contributed by atoms with Crippen molar-refractivity contribution in [2.24, 2.45) is 5.73 Å². The minimum Gasteiger partial charge on any atom is -0.348 e. The van der Waals surface area contributed by atoms with Gasteiger partial charge >= 0.3 is 0 Å². The molecule has 0 saturated carbocycles. The van der Waals surface area contributed by atoms with E-state index >= 15 is 0 Å². The number of nitrogens with two attached hydrogens (primary N) is 1. The first kappa shape index (κ1) is 23.7. The molecule has 1 aliphatic rings. The van der Waals surface area contributed by atoms with E-state index in [1.807, 2.05) is 30.3 Å². The van der Waals surface area contributed by atoms with Gasteiger partial charge in [-0.25, -0.2) is 0 Å². The third kappa shape index (κ3) is 4.90. The number of nitrogens with zero attached hydrogens (tertiary/aromatic N) is 1. The number of fused-ring (bicyclic) bond motifs is 1. The summed E-state index contributed by atoms with van der Waals surface area (Å²) in [6.45, 7) is 8.35. The molecule has 0 fully saturated rings. The van der Waals surface area contributed by atoms with Crippen LogP contribution in [-0.4, -0.2) is 24.4 Å². The molecule has 1 heterocycles. The summed E-state index contributed by atoms with van der Waals surface area (Å²) in [4.78, 5) is 27.2. The first-order chi connectivity index (χ1) is 16.2. The molecule has 176 valence electrons. The summed E-state index contributed by atoms with van der Waals surface area (Å²) in [5.74, 6) is -0.169. The van der Waals surface area contributed by atoms with Crippen molar-refractivity contribution in [3.8, 4) is 11.1 Å². The third-order valence-corrected chi connectivity index (χ3v) is 6.74. The molecular weight excluding hydrogens is 422 g/mol. The highest BCUT2D eigenvalue weighted by Crippen LogP contribution is 2.37. The molecule has 0 spiro atoms. The average molecular weight is 456 g/mol. The van der Waals surface area contributed by atoms with Crippen LogP contribution in [-0.2, 0) is 16.0 Å². The maximum absolute atomic E-state index is 13.2. The van der Waals surface area contributed by atoms with Gasteiger partial charge in [0.25, 0.3) is 0 Å². The van der Waals surface area contributed by atoms with Crippen LogP contribution < -0.4 is 16.0 Å². The average Bonchev–Trinajstić information content (AvgIpc) is 2.81. The standard InChI is InChI=1S/C29H33N3O2/c1-18-14-19(2)24(20(3)15-18)17-26(30)29(34)31-27-12-13-32(21(4)33)28-11-10-23(16-25(27)28)22-8-6-5-7-9-22/h5-11,14-16,26-27H,12-13,17,30H2,1-4H3,(H,31,34)/t26-,27+/m0/s1. The Hall–Kier alpha value is -3.44. The van der Waals surface area contributed by atoms with Crippen LogP contribution in [0, 0.1) is 20.8 Å². The van der Waals surface area contributed by atoms with E-state index in [-0.39, 0.29) is 17.9 Å². The minimum absolute atomic E-state index is 0.000473. The summed E-state index contributed by atoms with van der Waals surface area (Å²) < 4.78 is 0. The molecule has 0 unspecified atom stereocenters. The highest BCUT2D eigenvalue weighted by Gasteiger charge is 2.30. The number of nitrogens with one attached hydrogen (secondary N) is 1. The Balaban J connectivity index is 1.59. The van der Waals surface area contributed by atoms with Crippen LogP contribution in [0.3, 0.4) is 0 Å². The van der Waals surface area contributed by atoms with Crippen LogP contribution in [0.25, 0.3) is 11.1 Å². The Kier molecular flexibility index (Phi) is 6.85. The molecule has 0 saturated heterocycles. The number of anilines is 1. The van der Waals surface area contributed by atoms with E-state index in [0.717, 1.165) is 39.1 Å². The second kappa shape index (κ2) is 9.82. The molecule has 3 N–H and O–H groups in total. The van der Waals surface area contributed by atoms with Crippen molar-refractivity contribution >= 4 is 17.5 Å². The van der Waals surface area contributed by atoms with Crippen LogP contribution in [0.5, 0.6) is 0 Å². The van der Waals surface area contributed by atoms with E-state index in [9.17, 15) is 9.59 Å². The molecule has 3 aromatic carbocycles. The first-order valence-electron chi connectivity index (χ1n) is 11.8. The van der Waals surface area contributed by atoms with Gasteiger partial charge in [-0.05, 0) is 79.1 Å². The van der Waals surface area contributed by atoms with Crippen molar-refractivity contribution in [2.45, 2.75) is 52.6 Å². The number of rotatable bonds is 5. The second-order valence-electron chi connectivity index (χ2n) is 9.35. The van der Waals surface area contributed by atoms with Crippen molar-refractivity contribution in [3.05, 3.63) is 88.5 Å². The van der Waals surface area contributed by atoms with E-state index in [0.29, 0.717) is 19.4 Å². The fraction of sp³-hybridized carbons (Fsp3) is 0.310. The third-order valence-electron chi connectivity index (χ3n) is 6.74. The highest BCUT2D eigenvalue weighted by molar-refractivity contribution is 5.94. The minimum atomic E-state index is -0.647. The van der Waals surface area contributed by atoms with Crippen molar-refractivity contribution in [1.29, 1.82) is 0 Å². The Morgan fingerprint density at radius 2 is 1.68 bits per heavy atom. The molecule has 1 aliphatic heterocycles. The zero-order chi connectivity index (χ0) is 24.4. The van der Waals surface area contributed by atoms with Crippen LogP contribution in [0.4, 0.5) is 5.69 Å². The zero-order valence-corrected chi connectivity index (χ0v) is 20.4. The Morgan fingerprint density at radius 3 is 2.32 bits per heavy atom. The van der Waals surface area contributed by atoms with Crippen molar-refractivity contribution in [3.63, 3.8) is 0 Å². The quantitative estimate of drug-likeness (QED) is 0.582. The van der Waals surface area contributed by atoms with E-state index in [1.54, 1.807) is 11.8 Å². The monoisotopic (exact) mass is 455 g/mol. The number of hydrogen-bond acceptors (Lipinski definition) is 3.